The Kier molecular flexibility index (Phi) is 7.87. The molecule has 32 heavy (non-hydrogen) atoms. The van der Waals surface area contributed by atoms with Gasteiger partial charge in [0.15, 0.2) is 5.78 Å². The molecule has 1 saturated heterocycles. The number of halogens is 1. The summed E-state index contributed by atoms with van der Waals surface area (Å²) in [5.41, 5.74) is 2.41. The molecule has 2 aromatic carbocycles. The molecule has 6 nitrogen and oxygen atoms in total. The van der Waals surface area contributed by atoms with Crippen molar-refractivity contribution in [2.75, 3.05) is 42.9 Å². The second-order valence-corrected chi connectivity index (χ2v) is 9.13. The minimum Gasteiger partial charge on any atom is -0.353 e. The third kappa shape index (κ3) is 5.28. The molecule has 1 aliphatic rings. The van der Waals surface area contributed by atoms with Crippen LogP contribution in [0.3, 0.4) is 0 Å². The molecule has 0 atom stereocenters. The molecule has 0 radical (unpaired) electrons. The van der Waals surface area contributed by atoms with Crippen molar-refractivity contribution in [1.29, 1.82) is 0 Å². The van der Waals surface area contributed by atoms with E-state index in [0.29, 0.717) is 12.1 Å². The first-order valence-electron chi connectivity index (χ1n) is 10.7. The van der Waals surface area contributed by atoms with Gasteiger partial charge in [-0.3, -0.25) is 14.5 Å². The van der Waals surface area contributed by atoms with Crippen molar-refractivity contribution < 1.29 is 9.59 Å². The van der Waals surface area contributed by atoms with Gasteiger partial charge in [-0.25, -0.2) is 0 Å². The van der Waals surface area contributed by atoms with Crippen molar-refractivity contribution in [3.05, 3.63) is 53.6 Å². The number of ketones is 1. The van der Waals surface area contributed by atoms with Crippen LogP contribution >= 0.6 is 23.9 Å². The van der Waals surface area contributed by atoms with E-state index in [-0.39, 0.29) is 30.0 Å². The number of rotatable bonds is 6. The molecule has 1 amide bonds. The van der Waals surface area contributed by atoms with Crippen LogP contribution in [-0.4, -0.2) is 53.7 Å². The van der Waals surface area contributed by atoms with E-state index in [9.17, 15) is 9.59 Å². The molecule has 0 saturated carbocycles. The highest BCUT2D eigenvalue weighted by molar-refractivity contribution is 7.13. The van der Waals surface area contributed by atoms with E-state index in [1.165, 1.54) is 28.5 Å². The Balaban J connectivity index is 0.00000289. The first-order chi connectivity index (χ1) is 14.9. The molecule has 0 unspecified atom stereocenters. The highest BCUT2D eigenvalue weighted by atomic mass is 35.5. The third-order valence-corrected chi connectivity index (χ3v) is 6.52. The predicted molar refractivity (Wildman–Crippen MR) is 135 cm³/mol. The Bertz CT molecular complexity index is 1110. The third-order valence-electron chi connectivity index (χ3n) is 5.71. The SMILES string of the molecule is CC(=O)Nc1cc(C(=O)CN2CCN(c3nsc4ccccc34)CC2)ccc1C(C)C.Cl. The van der Waals surface area contributed by atoms with E-state index >= 15 is 0 Å². The molecule has 3 aromatic rings. The Morgan fingerprint density at radius 3 is 2.50 bits per heavy atom. The van der Waals surface area contributed by atoms with Gasteiger partial charge in [-0.2, -0.15) is 4.37 Å². The lowest BCUT2D eigenvalue weighted by Crippen LogP contribution is -2.48. The number of carbonyl (C=O) groups excluding carboxylic acids is 2. The Morgan fingerprint density at radius 1 is 1.09 bits per heavy atom. The number of hydrogen-bond donors (Lipinski definition) is 1. The fourth-order valence-electron chi connectivity index (χ4n) is 4.04. The molecule has 1 aliphatic heterocycles. The lowest BCUT2D eigenvalue weighted by molar-refractivity contribution is -0.114. The van der Waals surface area contributed by atoms with Crippen LogP contribution < -0.4 is 10.2 Å². The van der Waals surface area contributed by atoms with Crippen LogP contribution in [0, 0.1) is 0 Å². The summed E-state index contributed by atoms with van der Waals surface area (Å²) in [5.74, 6) is 1.27. The van der Waals surface area contributed by atoms with Gasteiger partial charge in [-0.15, -0.1) is 12.4 Å². The Morgan fingerprint density at radius 2 is 1.81 bits per heavy atom. The summed E-state index contributed by atoms with van der Waals surface area (Å²) in [4.78, 5) is 29.0. The van der Waals surface area contributed by atoms with Gasteiger partial charge in [0.25, 0.3) is 0 Å². The van der Waals surface area contributed by atoms with Crippen LogP contribution in [-0.2, 0) is 4.79 Å². The fourth-order valence-corrected chi connectivity index (χ4v) is 4.84. The van der Waals surface area contributed by atoms with E-state index in [1.54, 1.807) is 0 Å². The van der Waals surface area contributed by atoms with Crippen LogP contribution in [0.5, 0.6) is 0 Å². The summed E-state index contributed by atoms with van der Waals surface area (Å²) in [5, 5.41) is 4.07. The number of anilines is 2. The molecule has 4 rings (SSSR count). The monoisotopic (exact) mass is 472 g/mol. The molecule has 0 spiro atoms. The van der Waals surface area contributed by atoms with Crippen molar-refractivity contribution in [1.82, 2.24) is 9.27 Å². The average molecular weight is 473 g/mol. The minimum atomic E-state index is -0.128. The number of nitrogens with one attached hydrogen (secondary N) is 1. The Labute approximate surface area is 199 Å². The van der Waals surface area contributed by atoms with Gasteiger partial charge in [0.05, 0.1) is 11.2 Å². The van der Waals surface area contributed by atoms with E-state index < -0.39 is 0 Å². The number of Topliss-reactive ketones (excluding diaryl/α,β-unsaturated/α-hetero) is 1. The smallest absolute Gasteiger partial charge is 0.221 e. The molecule has 0 aliphatic carbocycles. The maximum atomic E-state index is 12.9. The fraction of sp³-hybridized carbons (Fsp3) is 0.375. The molecule has 8 heteroatoms. The number of carbonyl (C=O) groups is 2. The molecule has 0 bridgehead atoms. The average Bonchev–Trinajstić information content (AvgIpc) is 3.18. The van der Waals surface area contributed by atoms with E-state index in [2.05, 4.69) is 51.5 Å². The van der Waals surface area contributed by atoms with Crippen LogP contribution in [0.2, 0.25) is 0 Å². The highest BCUT2D eigenvalue weighted by Crippen LogP contribution is 2.30. The molecular weight excluding hydrogens is 444 g/mol. The van der Waals surface area contributed by atoms with Crippen LogP contribution in [0.4, 0.5) is 11.5 Å². The van der Waals surface area contributed by atoms with Gasteiger partial charge in [-0.05, 0) is 41.2 Å². The zero-order valence-corrected chi connectivity index (χ0v) is 20.3. The quantitative estimate of drug-likeness (QED) is 0.522. The molecule has 1 fully saturated rings. The normalized spacial score (nSPS) is 14.4. The van der Waals surface area contributed by atoms with E-state index in [1.807, 2.05) is 24.3 Å². The maximum absolute atomic E-state index is 12.9. The second kappa shape index (κ2) is 10.4. The zero-order valence-electron chi connectivity index (χ0n) is 18.6. The van der Waals surface area contributed by atoms with Gasteiger partial charge < -0.3 is 10.2 Å². The number of fused-ring (bicyclic) bond motifs is 1. The molecule has 1 aromatic heterocycles. The Hall–Kier alpha value is -2.48. The second-order valence-electron chi connectivity index (χ2n) is 8.33. The predicted octanol–water partition coefficient (Wildman–Crippen LogP) is 4.80. The maximum Gasteiger partial charge on any atom is 0.221 e. The largest absolute Gasteiger partial charge is 0.353 e. The summed E-state index contributed by atoms with van der Waals surface area (Å²) in [7, 11) is 0. The summed E-state index contributed by atoms with van der Waals surface area (Å²) in [6.07, 6.45) is 0. The van der Waals surface area contributed by atoms with Crippen molar-refractivity contribution >= 4 is 57.2 Å². The van der Waals surface area contributed by atoms with Crippen LogP contribution in [0.15, 0.2) is 42.5 Å². The van der Waals surface area contributed by atoms with Gasteiger partial charge in [0, 0.05) is 49.7 Å². The standard InChI is InChI=1S/C24H28N4O2S.ClH/c1-16(2)19-9-8-18(14-21(19)25-17(3)29)22(30)15-27-10-12-28(13-11-27)24-20-6-4-5-7-23(20)31-26-24;/h4-9,14,16H,10-13,15H2,1-3H3,(H,25,29);1H. The summed E-state index contributed by atoms with van der Waals surface area (Å²) >= 11 is 1.54. The van der Waals surface area contributed by atoms with Crippen LogP contribution in [0.1, 0.15) is 42.6 Å². The molecule has 2 heterocycles. The topological polar surface area (TPSA) is 65.5 Å². The van der Waals surface area contributed by atoms with E-state index in [4.69, 9.17) is 0 Å². The van der Waals surface area contributed by atoms with E-state index in [0.717, 1.165) is 43.2 Å². The molecule has 170 valence electrons. The van der Waals surface area contributed by atoms with Crippen LogP contribution in [0.25, 0.3) is 10.1 Å². The van der Waals surface area contributed by atoms with Gasteiger partial charge in [0.1, 0.15) is 5.82 Å². The summed E-state index contributed by atoms with van der Waals surface area (Å²) < 4.78 is 5.86. The van der Waals surface area contributed by atoms with Crippen molar-refractivity contribution in [2.24, 2.45) is 0 Å². The van der Waals surface area contributed by atoms with Gasteiger partial charge in [0.2, 0.25) is 5.91 Å². The van der Waals surface area contributed by atoms with Gasteiger partial charge >= 0.3 is 0 Å². The number of hydrogen-bond acceptors (Lipinski definition) is 6. The van der Waals surface area contributed by atoms with Gasteiger partial charge in [-0.1, -0.05) is 38.1 Å². The molecule has 1 N–H and O–H groups in total. The first-order valence-corrected chi connectivity index (χ1v) is 11.5. The first kappa shape index (κ1) is 24.2. The number of benzene rings is 2. The number of nitrogens with zero attached hydrogens (tertiary/aromatic N) is 3. The summed E-state index contributed by atoms with van der Waals surface area (Å²) in [6.45, 7) is 9.37. The number of aromatic nitrogens is 1. The van der Waals surface area contributed by atoms with Crippen molar-refractivity contribution in [2.45, 2.75) is 26.7 Å². The summed E-state index contributed by atoms with van der Waals surface area (Å²) in [6, 6.07) is 14.0. The molecular formula is C24H29ClN4O2S. The lowest BCUT2D eigenvalue weighted by Gasteiger charge is -2.34. The lowest BCUT2D eigenvalue weighted by atomic mass is 9.97. The van der Waals surface area contributed by atoms with Crippen molar-refractivity contribution in [3.63, 3.8) is 0 Å². The minimum absolute atomic E-state index is 0. The highest BCUT2D eigenvalue weighted by Gasteiger charge is 2.23. The number of amides is 1. The zero-order chi connectivity index (χ0) is 22.0. The number of piperazine rings is 1. The van der Waals surface area contributed by atoms with Crippen molar-refractivity contribution in [3.8, 4) is 0 Å².